The van der Waals surface area contributed by atoms with E-state index in [0.29, 0.717) is 11.4 Å². The van der Waals surface area contributed by atoms with Gasteiger partial charge in [-0.15, -0.1) is 0 Å². The molecule has 0 amide bonds. The molecular formula is C15H27N3O2S. The molecule has 0 saturated heterocycles. The number of nitrogens with one attached hydrogen (secondary N) is 1. The van der Waals surface area contributed by atoms with Gasteiger partial charge in [-0.1, -0.05) is 19.8 Å². The topological polar surface area (TPSA) is 77.1 Å². The summed E-state index contributed by atoms with van der Waals surface area (Å²) in [6, 6.07) is 1.73. The Hall–Kier alpha value is -0.850. The molecule has 0 spiro atoms. The standard InChI is InChI=1S/C15H27N3O2S/c1-3-4-12-5-7-13(8-6-12)17-21(19,20)15-9-14(10-16)18(2)11-15/h9,11-13,17H,3-8,10,16H2,1-2H3. The molecule has 1 saturated carbocycles. The van der Waals surface area contributed by atoms with Crippen LogP contribution in [0.5, 0.6) is 0 Å². The van der Waals surface area contributed by atoms with Crippen LogP contribution < -0.4 is 10.5 Å². The van der Waals surface area contributed by atoms with E-state index in [-0.39, 0.29) is 6.04 Å². The van der Waals surface area contributed by atoms with Crippen LogP contribution in [0, 0.1) is 5.92 Å². The van der Waals surface area contributed by atoms with Crippen LogP contribution >= 0.6 is 0 Å². The molecule has 1 aliphatic carbocycles. The molecule has 120 valence electrons. The van der Waals surface area contributed by atoms with Crippen LogP contribution in [0.1, 0.15) is 51.1 Å². The minimum Gasteiger partial charge on any atom is -0.352 e. The summed E-state index contributed by atoms with van der Waals surface area (Å²) in [6.07, 6.45) is 8.26. The first-order valence-electron chi connectivity index (χ1n) is 7.84. The van der Waals surface area contributed by atoms with Crippen LogP contribution in [0.3, 0.4) is 0 Å². The molecular weight excluding hydrogens is 286 g/mol. The largest absolute Gasteiger partial charge is 0.352 e. The second kappa shape index (κ2) is 6.94. The average molecular weight is 313 g/mol. The van der Waals surface area contributed by atoms with E-state index >= 15 is 0 Å². The van der Waals surface area contributed by atoms with Gasteiger partial charge < -0.3 is 10.3 Å². The molecule has 0 atom stereocenters. The van der Waals surface area contributed by atoms with Gasteiger partial charge in [0.2, 0.25) is 10.0 Å². The van der Waals surface area contributed by atoms with Gasteiger partial charge >= 0.3 is 0 Å². The molecule has 0 bridgehead atoms. The lowest BCUT2D eigenvalue weighted by atomic mass is 9.84. The van der Waals surface area contributed by atoms with E-state index in [9.17, 15) is 8.42 Å². The predicted octanol–water partition coefficient (Wildman–Crippen LogP) is 2.12. The van der Waals surface area contributed by atoms with E-state index in [2.05, 4.69) is 11.6 Å². The maximum atomic E-state index is 12.4. The van der Waals surface area contributed by atoms with E-state index in [0.717, 1.165) is 37.3 Å². The molecule has 6 heteroatoms. The zero-order valence-electron chi connectivity index (χ0n) is 13.0. The second-order valence-electron chi connectivity index (χ2n) is 6.11. The van der Waals surface area contributed by atoms with Gasteiger partial charge in [-0.25, -0.2) is 13.1 Å². The van der Waals surface area contributed by atoms with Crippen molar-refractivity contribution in [1.29, 1.82) is 0 Å². The molecule has 2 rings (SSSR count). The Morgan fingerprint density at radius 1 is 1.33 bits per heavy atom. The number of nitrogens with zero attached hydrogens (tertiary/aromatic N) is 1. The third-order valence-corrected chi connectivity index (χ3v) is 5.96. The number of rotatable bonds is 6. The Kier molecular flexibility index (Phi) is 5.46. The molecule has 1 aromatic rings. The van der Waals surface area contributed by atoms with Gasteiger partial charge in [0.15, 0.2) is 0 Å². The maximum Gasteiger partial charge on any atom is 0.242 e. The molecule has 0 aromatic carbocycles. The molecule has 0 radical (unpaired) electrons. The first-order valence-corrected chi connectivity index (χ1v) is 9.32. The Morgan fingerprint density at radius 3 is 2.52 bits per heavy atom. The Balaban J connectivity index is 1.98. The molecule has 0 aliphatic heterocycles. The van der Waals surface area contributed by atoms with E-state index < -0.39 is 10.0 Å². The molecule has 0 unspecified atom stereocenters. The highest BCUT2D eigenvalue weighted by Crippen LogP contribution is 2.28. The summed E-state index contributed by atoms with van der Waals surface area (Å²) in [7, 11) is -1.61. The summed E-state index contributed by atoms with van der Waals surface area (Å²) in [5.41, 5.74) is 6.42. The van der Waals surface area contributed by atoms with Crippen molar-refractivity contribution >= 4 is 10.0 Å². The van der Waals surface area contributed by atoms with Crippen LogP contribution in [-0.2, 0) is 23.6 Å². The van der Waals surface area contributed by atoms with Gasteiger partial charge in [0.05, 0.1) is 4.90 Å². The van der Waals surface area contributed by atoms with Gasteiger partial charge in [0, 0.05) is 31.5 Å². The van der Waals surface area contributed by atoms with Crippen LogP contribution in [0.15, 0.2) is 17.2 Å². The van der Waals surface area contributed by atoms with Gasteiger partial charge in [-0.05, 0) is 37.7 Å². The van der Waals surface area contributed by atoms with E-state index in [1.54, 1.807) is 16.8 Å². The first-order chi connectivity index (χ1) is 9.96. The Labute approximate surface area is 128 Å². The SMILES string of the molecule is CCCC1CCC(NS(=O)(=O)c2cc(CN)n(C)c2)CC1. The molecule has 1 aliphatic rings. The third kappa shape index (κ3) is 4.08. The number of hydrogen-bond acceptors (Lipinski definition) is 3. The fourth-order valence-electron chi connectivity index (χ4n) is 3.19. The highest BCUT2D eigenvalue weighted by atomic mass is 32.2. The Bertz CT molecular complexity index is 557. The molecule has 21 heavy (non-hydrogen) atoms. The van der Waals surface area contributed by atoms with Crippen LogP contribution in [0.4, 0.5) is 0 Å². The molecule has 1 heterocycles. The van der Waals surface area contributed by atoms with E-state index in [1.807, 2.05) is 7.05 Å². The summed E-state index contributed by atoms with van der Waals surface area (Å²) in [5.74, 6) is 0.774. The lowest BCUT2D eigenvalue weighted by molar-refractivity contribution is 0.297. The van der Waals surface area contributed by atoms with Gasteiger partial charge in [-0.2, -0.15) is 0 Å². The monoisotopic (exact) mass is 313 g/mol. The summed E-state index contributed by atoms with van der Waals surface area (Å²) >= 11 is 0. The molecule has 3 N–H and O–H groups in total. The van der Waals surface area contributed by atoms with Gasteiger partial charge in [0.25, 0.3) is 0 Å². The number of hydrogen-bond donors (Lipinski definition) is 2. The smallest absolute Gasteiger partial charge is 0.242 e. The normalized spacial score (nSPS) is 23.4. The fourth-order valence-corrected chi connectivity index (χ4v) is 4.59. The van der Waals surface area contributed by atoms with Crippen LogP contribution in [-0.4, -0.2) is 19.0 Å². The fraction of sp³-hybridized carbons (Fsp3) is 0.733. The van der Waals surface area contributed by atoms with Crippen molar-refractivity contribution in [1.82, 2.24) is 9.29 Å². The quantitative estimate of drug-likeness (QED) is 0.844. The van der Waals surface area contributed by atoms with Crippen molar-refractivity contribution in [2.24, 2.45) is 18.7 Å². The summed E-state index contributed by atoms with van der Waals surface area (Å²) in [5, 5.41) is 0. The average Bonchev–Trinajstić information content (AvgIpc) is 2.83. The first kappa shape index (κ1) is 16.5. The number of aromatic nitrogens is 1. The van der Waals surface area contributed by atoms with Gasteiger partial charge in [0.1, 0.15) is 0 Å². The van der Waals surface area contributed by atoms with E-state index in [1.165, 1.54) is 12.8 Å². The lowest BCUT2D eigenvalue weighted by Gasteiger charge is -2.28. The van der Waals surface area contributed by atoms with Crippen molar-refractivity contribution in [3.8, 4) is 0 Å². The third-order valence-electron chi connectivity index (χ3n) is 4.47. The summed E-state index contributed by atoms with van der Waals surface area (Å²) < 4.78 is 29.5. The highest BCUT2D eigenvalue weighted by Gasteiger charge is 2.26. The summed E-state index contributed by atoms with van der Waals surface area (Å²) in [6.45, 7) is 2.55. The zero-order valence-corrected chi connectivity index (χ0v) is 13.8. The minimum atomic E-state index is -3.43. The number of nitrogens with two attached hydrogens (primary N) is 1. The van der Waals surface area contributed by atoms with Crippen molar-refractivity contribution in [2.45, 2.75) is 62.9 Å². The van der Waals surface area contributed by atoms with Crippen LogP contribution in [0.2, 0.25) is 0 Å². The second-order valence-corrected chi connectivity index (χ2v) is 7.82. The van der Waals surface area contributed by atoms with Crippen molar-refractivity contribution in [3.63, 3.8) is 0 Å². The predicted molar refractivity (Wildman–Crippen MR) is 84.3 cm³/mol. The van der Waals surface area contributed by atoms with Crippen molar-refractivity contribution in [2.75, 3.05) is 0 Å². The van der Waals surface area contributed by atoms with Crippen LogP contribution in [0.25, 0.3) is 0 Å². The van der Waals surface area contributed by atoms with E-state index in [4.69, 9.17) is 5.73 Å². The molecule has 5 nitrogen and oxygen atoms in total. The lowest BCUT2D eigenvalue weighted by Crippen LogP contribution is -2.37. The number of aryl methyl sites for hydroxylation is 1. The zero-order chi connectivity index (χ0) is 15.5. The molecule has 1 fully saturated rings. The molecule has 1 aromatic heterocycles. The van der Waals surface area contributed by atoms with Gasteiger partial charge in [-0.3, -0.25) is 0 Å². The number of sulfonamides is 1. The maximum absolute atomic E-state index is 12.4. The Morgan fingerprint density at radius 2 is 2.00 bits per heavy atom. The highest BCUT2D eigenvalue weighted by molar-refractivity contribution is 7.89. The minimum absolute atomic E-state index is 0.0737. The summed E-state index contributed by atoms with van der Waals surface area (Å²) in [4.78, 5) is 0.320. The van der Waals surface area contributed by atoms with Crippen molar-refractivity contribution in [3.05, 3.63) is 18.0 Å². The van der Waals surface area contributed by atoms with Crippen molar-refractivity contribution < 1.29 is 8.42 Å².